The van der Waals surface area contributed by atoms with Crippen molar-refractivity contribution in [1.82, 2.24) is 4.98 Å². The second-order valence-corrected chi connectivity index (χ2v) is 8.27. The zero-order valence-corrected chi connectivity index (χ0v) is 19.6. The Hall–Kier alpha value is -4.17. The summed E-state index contributed by atoms with van der Waals surface area (Å²) in [7, 11) is 0. The van der Waals surface area contributed by atoms with Crippen LogP contribution in [0, 0.1) is 10.1 Å². The number of non-ortho nitro benzene ring substituents is 1. The highest BCUT2D eigenvalue weighted by atomic mass is 35.5. The first-order valence-corrected chi connectivity index (χ1v) is 11.4. The monoisotopic (exact) mass is 491 g/mol. The molecule has 4 rings (SSSR count). The topological polar surface area (TPSA) is 118 Å². The standard InChI is InChI=1S/C26H22ClN3O5/c1-2-3-11-23(32)28-26-24(19-9-4-5-10-21(19)27)29-25(35-26)20-13-12-17(15-22(20)31)16-7-6-8-18(14-16)30(33)34/h4-10,12-15,31H,2-3,11H2,1H3,(H,28,32). The molecule has 8 nitrogen and oxygen atoms in total. The molecular weight excluding hydrogens is 470 g/mol. The van der Waals surface area contributed by atoms with E-state index in [1.165, 1.54) is 18.2 Å². The second kappa shape index (κ2) is 10.4. The number of oxazole rings is 1. The van der Waals surface area contributed by atoms with Gasteiger partial charge in [-0.25, -0.2) is 4.98 Å². The van der Waals surface area contributed by atoms with Crippen LogP contribution in [-0.4, -0.2) is 20.9 Å². The molecule has 0 unspecified atom stereocenters. The Kier molecular flexibility index (Phi) is 7.12. The number of phenolic OH excluding ortho intramolecular Hbond substituents is 1. The van der Waals surface area contributed by atoms with E-state index in [4.69, 9.17) is 16.0 Å². The first-order chi connectivity index (χ1) is 16.9. The first-order valence-electron chi connectivity index (χ1n) is 11.0. The fourth-order valence-electron chi connectivity index (χ4n) is 3.57. The van der Waals surface area contributed by atoms with E-state index >= 15 is 0 Å². The van der Waals surface area contributed by atoms with Gasteiger partial charge in [-0.15, -0.1) is 0 Å². The third-order valence-corrected chi connectivity index (χ3v) is 5.71. The van der Waals surface area contributed by atoms with Crippen molar-refractivity contribution in [1.29, 1.82) is 0 Å². The van der Waals surface area contributed by atoms with Crippen LogP contribution in [0.15, 0.2) is 71.1 Å². The van der Waals surface area contributed by atoms with Crippen molar-refractivity contribution in [2.45, 2.75) is 26.2 Å². The summed E-state index contributed by atoms with van der Waals surface area (Å²) in [5, 5.41) is 25.1. The fourth-order valence-corrected chi connectivity index (χ4v) is 3.80. The van der Waals surface area contributed by atoms with Crippen molar-refractivity contribution in [3.05, 3.63) is 81.9 Å². The lowest BCUT2D eigenvalue weighted by Crippen LogP contribution is -2.11. The minimum absolute atomic E-state index is 0.0494. The van der Waals surface area contributed by atoms with Gasteiger partial charge in [0.1, 0.15) is 11.4 Å². The van der Waals surface area contributed by atoms with E-state index in [1.54, 1.807) is 48.5 Å². The average Bonchev–Trinajstić information content (AvgIpc) is 3.25. The fraction of sp³-hybridized carbons (Fsp3) is 0.154. The number of rotatable bonds is 8. The van der Waals surface area contributed by atoms with Gasteiger partial charge in [-0.1, -0.05) is 61.3 Å². The van der Waals surface area contributed by atoms with Crippen molar-refractivity contribution < 1.29 is 19.2 Å². The SMILES string of the molecule is CCCCC(=O)Nc1oc(-c2ccc(-c3cccc([N+](=O)[O-])c3)cc2O)nc1-c1ccccc1Cl. The number of unbranched alkanes of at least 4 members (excludes halogenated alkanes) is 1. The highest BCUT2D eigenvalue weighted by Gasteiger charge is 2.22. The summed E-state index contributed by atoms with van der Waals surface area (Å²) in [6.07, 6.45) is 1.93. The number of carbonyl (C=O) groups excluding carboxylic acids is 1. The number of nitro benzene ring substituents is 1. The van der Waals surface area contributed by atoms with Crippen molar-refractivity contribution in [3.63, 3.8) is 0 Å². The lowest BCUT2D eigenvalue weighted by Gasteiger charge is -2.06. The Labute approximate surface area is 206 Å². The predicted molar refractivity (Wildman–Crippen MR) is 134 cm³/mol. The number of nitrogens with one attached hydrogen (secondary N) is 1. The molecule has 3 aromatic carbocycles. The number of amides is 1. The Morgan fingerprint density at radius 1 is 1.09 bits per heavy atom. The van der Waals surface area contributed by atoms with Gasteiger partial charge in [0, 0.05) is 24.1 Å². The Morgan fingerprint density at radius 3 is 2.57 bits per heavy atom. The molecule has 35 heavy (non-hydrogen) atoms. The summed E-state index contributed by atoms with van der Waals surface area (Å²) >= 11 is 6.37. The maximum absolute atomic E-state index is 12.4. The van der Waals surface area contributed by atoms with Gasteiger partial charge in [0.15, 0.2) is 0 Å². The van der Waals surface area contributed by atoms with Gasteiger partial charge in [0.2, 0.25) is 17.7 Å². The van der Waals surface area contributed by atoms with E-state index in [9.17, 15) is 20.0 Å². The number of halogens is 1. The van der Waals surface area contributed by atoms with Gasteiger partial charge in [-0.05, 0) is 35.7 Å². The quantitative estimate of drug-likeness (QED) is 0.201. The smallest absolute Gasteiger partial charge is 0.270 e. The molecule has 0 saturated heterocycles. The van der Waals surface area contributed by atoms with E-state index in [1.807, 2.05) is 6.92 Å². The molecule has 1 heterocycles. The van der Waals surface area contributed by atoms with Crippen LogP contribution in [0.2, 0.25) is 5.02 Å². The van der Waals surface area contributed by atoms with Gasteiger partial charge < -0.3 is 9.52 Å². The van der Waals surface area contributed by atoms with Crippen LogP contribution in [0.25, 0.3) is 33.8 Å². The van der Waals surface area contributed by atoms with Crippen LogP contribution in [-0.2, 0) is 4.79 Å². The summed E-state index contributed by atoms with van der Waals surface area (Å²) in [5.41, 5.74) is 2.32. The van der Waals surface area contributed by atoms with Gasteiger partial charge in [0.05, 0.1) is 15.5 Å². The van der Waals surface area contributed by atoms with Crippen molar-refractivity contribution in [3.8, 4) is 39.6 Å². The van der Waals surface area contributed by atoms with Crippen molar-refractivity contribution in [2.75, 3.05) is 5.32 Å². The molecule has 2 N–H and O–H groups in total. The van der Waals surface area contributed by atoms with Crippen LogP contribution in [0.5, 0.6) is 5.75 Å². The molecule has 0 bridgehead atoms. The van der Waals surface area contributed by atoms with Crippen LogP contribution in [0.4, 0.5) is 11.6 Å². The Balaban J connectivity index is 1.73. The normalized spacial score (nSPS) is 10.8. The largest absolute Gasteiger partial charge is 0.507 e. The third kappa shape index (κ3) is 5.33. The molecule has 1 amide bonds. The number of carbonyl (C=O) groups is 1. The van der Waals surface area contributed by atoms with Crippen LogP contribution >= 0.6 is 11.6 Å². The van der Waals surface area contributed by atoms with Gasteiger partial charge in [0.25, 0.3) is 5.69 Å². The molecular formula is C26H22ClN3O5. The number of aromatic nitrogens is 1. The number of hydrogen-bond acceptors (Lipinski definition) is 6. The van der Waals surface area contributed by atoms with Crippen LogP contribution < -0.4 is 5.32 Å². The van der Waals surface area contributed by atoms with E-state index in [2.05, 4.69) is 10.3 Å². The maximum atomic E-state index is 12.4. The molecule has 4 aromatic rings. The molecule has 9 heteroatoms. The number of phenols is 1. The van der Waals surface area contributed by atoms with Crippen molar-refractivity contribution in [2.24, 2.45) is 0 Å². The van der Waals surface area contributed by atoms with Gasteiger partial charge in [-0.3, -0.25) is 20.2 Å². The third-order valence-electron chi connectivity index (χ3n) is 5.38. The summed E-state index contributed by atoms with van der Waals surface area (Å²) in [6.45, 7) is 2.00. The van der Waals surface area contributed by atoms with Gasteiger partial charge >= 0.3 is 0 Å². The number of aromatic hydroxyl groups is 1. The van der Waals surface area contributed by atoms with Gasteiger partial charge in [-0.2, -0.15) is 0 Å². The zero-order valence-electron chi connectivity index (χ0n) is 18.8. The molecule has 0 aliphatic rings. The van der Waals surface area contributed by atoms with E-state index < -0.39 is 4.92 Å². The molecule has 1 aromatic heterocycles. The summed E-state index contributed by atoms with van der Waals surface area (Å²) in [6, 6.07) is 18.0. The number of benzene rings is 3. The predicted octanol–water partition coefficient (Wildman–Crippen LogP) is 7.07. The molecule has 0 aliphatic heterocycles. The maximum Gasteiger partial charge on any atom is 0.270 e. The highest BCUT2D eigenvalue weighted by molar-refractivity contribution is 6.33. The minimum atomic E-state index is -0.475. The second-order valence-electron chi connectivity index (χ2n) is 7.87. The summed E-state index contributed by atoms with van der Waals surface area (Å²) in [4.78, 5) is 27.6. The van der Waals surface area contributed by atoms with E-state index in [-0.39, 0.29) is 29.1 Å². The van der Waals surface area contributed by atoms with E-state index in [0.717, 1.165) is 12.8 Å². The number of anilines is 1. The lowest BCUT2D eigenvalue weighted by atomic mass is 10.0. The minimum Gasteiger partial charge on any atom is -0.507 e. The molecule has 0 spiro atoms. The Morgan fingerprint density at radius 2 is 1.86 bits per heavy atom. The summed E-state index contributed by atoms with van der Waals surface area (Å²) in [5.74, 6) is -0.122. The van der Waals surface area contributed by atoms with Crippen molar-refractivity contribution >= 4 is 29.1 Å². The Bertz CT molecular complexity index is 1400. The highest BCUT2D eigenvalue weighted by Crippen LogP contribution is 2.40. The van der Waals surface area contributed by atoms with Crippen LogP contribution in [0.3, 0.4) is 0 Å². The average molecular weight is 492 g/mol. The molecule has 0 radical (unpaired) electrons. The lowest BCUT2D eigenvalue weighted by molar-refractivity contribution is -0.384. The molecule has 178 valence electrons. The number of nitrogens with zero attached hydrogens (tertiary/aromatic N) is 2. The molecule has 0 fully saturated rings. The number of nitro groups is 1. The first kappa shape index (κ1) is 24.0. The molecule has 0 saturated carbocycles. The molecule has 0 atom stereocenters. The zero-order chi connectivity index (χ0) is 24.9. The van der Waals surface area contributed by atoms with Crippen LogP contribution in [0.1, 0.15) is 26.2 Å². The summed E-state index contributed by atoms with van der Waals surface area (Å²) < 4.78 is 5.89. The number of hydrogen-bond donors (Lipinski definition) is 2. The molecule has 0 aliphatic carbocycles. The van der Waals surface area contributed by atoms with E-state index in [0.29, 0.717) is 39.4 Å².